The fourth-order valence-electron chi connectivity index (χ4n) is 2.75. The minimum absolute atomic E-state index is 0.182. The van der Waals surface area contributed by atoms with Crippen LogP contribution < -0.4 is 14.8 Å². The van der Waals surface area contributed by atoms with Gasteiger partial charge in [-0.25, -0.2) is 0 Å². The predicted molar refractivity (Wildman–Crippen MR) is 101 cm³/mol. The first-order valence-corrected chi connectivity index (χ1v) is 8.21. The van der Waals surface area contributed by atoms with Crippen molar-refractivity contribution in [2.75, 3.05) is 19.5 Å². The Morgan fingerprint density at radius 3 is 2.31 bits per heavy atom. The molecule has 2 aromatic carbocycles. The summed E-state index contributed by atoms with van der Waals surface area (Å²) in [6.07, 6.45) is 1.68. The Morgan fingerprint density at radius 1 is 0.923 bits per heavy atom. The first-order valence-electron chi connectivity index (χ1n) is 8.21. The lowest BCUT2D eigenvalue weighted by atomic mass is 9.94. The van der Waals surface area contributed by atoms with Gasteiger partial charge in [0.1, 0.15) is 17.4 Å². The first-order chi connectivity index (χ1) is 12.7. The third-order valence-electron chi connectivity index (χ3n) is 4.06. The van der Waals surface area contributed by atoms with Crippen molar-refractivity contribution >= 4 is 11.6 Å². The molecule has 1 amide bonds. The van der Waals surface area contributed by atoms with Gasteiger partial charge in [0.15, 0.2) is 0 Å². The number of nitrogens with one attached hydrogen (secondary N) is 1. The zero-order valence-corrected chi connectivity index (χ0v) is 14.7. The van der Waals surface area contributed by atoms with E-state index < -0.39 is 5.92 Å². The minimum Gasteiger partial charge on any atom is -0.497 e. The zero-order valence-electron chi connectivity index (χ0n) is 14.7. The number of carbonyl (C=O) groups excluding carboxylic acids is 1. The number of methoxy groups -OCH3 is 2. The number of hydrogen-bond acceptors (Lipinski definition) is 4. The van der Waals surface area contributed by atoms with Gasteiger partial charge in [-0.1, -0.05) is 30.3 Å². The number of ether oxygens (including phenoxy) is 2. The molecular formula is C21H20N2O3. The Morgan fingerprint density at radius 2 is 1.65 bits per heavy atom. The standard InChI is InChI=1S/C21H20N2O3/c1-25-16-12-10-15(11-13-16)20(18-8-5-6-14-22-18)21(24)23-17-7-3-4-9-19(17)26-2/h3-14,20H,1-2H3,(H,23,24). The number of rotatable bonds is 6. The number of hydrogen-bond donors (Lipinski definition) is 1. The van der Waals surface area contributed by atoms with Crippen LogP contribution in [0.5, 0.6) is 11.5 Å². The van der Waals surface area contributed by atoms with Crippen LogP contribution in [0.15, 0.2) is 72.9 Å². The van der Waals surface area contributed by atoms with E-state index in [1.54, 1.807) is 32.5 Å². The fourth-order valence-corrected chi connectivity index (χ4v) is 2.75. The van der Waals surface area contributed by atoms with Gasteiger partial charge < -0.3 is 14.8 Å². The Kier molecular flexibility index (Phi) is 5.49. The van der Waals surface area contributed by atoms with Gasteiger partial charge in [-0.2, -0.15) is 0 Å². The monoisotopic (exact) mass is 348 g/mol. The van der Waals surface area contributed by atoms with Crippen molar-refractivity contribution in [2.45, 2.75) is 5.92 Å². The number of amides is 1. The molecular weight excluding hydrogens is 328 g/mol. The van der Waals surface area contributed by atoms with E-state index in [1.807, 2.05) is 54.6 Å². The summed E-state index contributed by atoms with van der Waals surface area (Å²) in [7, 11) is 3.18. The summed E-state index contributed by atoms with van der Waals surface area (Å²) in [5.74, 6) is 0.611. The average molecular weight is 348 g/mol. The highest BCUT2D eigenvalue weighted by Crippen LogP contribution is 2.29. The lowest BCUT2D eigenvalue weighted by Crippen LogP contribution is -2.23. The summed E-state index contributed by atoms with van der Waals surface area (Å²) in [4.78, 5) is 17.5. The zero-order chi connectivity index (χ0) is 18.4. The van der Waals surface area contributed by atoms with E-state index in [0.717, 1.165) is 11.3 Å². The maximum absolute atomic E-state index is 13.1. The van der Waals surface area contributed by atoms with Gasteiger partial charge in [0, 0.05) is 6.20 Å². The number of nitrogens with zero attached hydrogens (tertiary/aromatic N) is 1. The summed E-state index contributed by atoms with van der Waals surface area (Å²) < 4.78 is 10.5. The van der Waals surface area contributed by atoms with Crippen molar-refractivity contribution in [2.24, 2.45) is 0 Å². The quantitative estimate of drug-likeness (QED) is 0.735. The molecule has 3 rings (SSSR count). The second-order valence-corrected chi connectivity index (χ2v) is 5.65. The van der Waals surface area contributed by atoms with Crippen molar-refractivity contribution in [3.05, 3.63) is 84.2 Å². The smallest absolute Gasteiger partial charge is 0.238 e. The highest BCUT2D eigenvalue weighted by atomic mass is 16.5. The van der Waals surface area contributed by atoms with Crippen LogP contribution in [0.4, 0.5) is 5.69 Å². The predicted octanol–water partition coefficient (Wildman–Crippen LogP) is 3.87. The second kappa shape index (κ2) is 8.16. The number of benzene rings is 2. The van der Waals surface area contributed by atoms with Crippen molar-refractivity contribution < 1.29 is 14.3 Å². The molecule has 1 N–H and O–H groups in total. The number of carbonyl (C=O) groups is 1. The molecule has 0 aliphatic carbocycles. The van der Waals surface area contributed by atoms with E-state index in [9.17, 15) is 4.79 Å². The summed E-state index contributed by atoms with van der Waals surface area (Å²) in [5.41, 5.74) is 2.12. The molecule has 0 fully saturated rings. The highest BCUT2D eigenvalue weighted by Gasteiger charge is 2.25. The third kappa shape index (κ3) is 3.83. The van der Waals surface area contributed by atoms with E-state index in [0.29, 0.717) is 17.1 Å². The third-order valence-corrected chi connectivity index (χ3v) is 4.06. The Balaban J connectivity index is 1.96. The van der Waals surface area contributed by atoms with Crippen molar-refractivity contribution in [1.29, 1.82) is 0 Å². The Hall–Kier alpha value is -3.34. The van der Waals surface area contributed by atoms with Crippen LogP contribution in [0.2, 0.25) is 0 Å². The molecule has 1 heterocycles. The topological polar surface area (TPSA) is 60.5 Å². The van der Waals surface area contributed by atoms with Gasteiger partial charge >= 0.3 is 0 Å². The van der Waals surface area contributed by atoms with Gasteiger partial charge in [0.05, 0.1) is 25.6 Å². The number of aromatic nitrogens is 1. The van der Waals surface area contributed by atoms with E-state index in [-0.39, 0.29) is 5.91 Å². The van der Waals surface area contributed by atoms with Crippen LogP contribution in [-0.2, 0) is 4.79 Å². The first kappa shape index (κ1) is 17.5. The molecule has 0 saturated carbocycles. The molecule has 0 spiro atoms. The summed E-state index contributed by atoms with van der Waals surface area (Å²) >= 11 is 0. The largest absolute Gasteiger partial charge is 0.497 e. The van der Waals surface area contributed by atoms with E-state index in [2.05, 4.69) is 10.3 Å². The van der Waals surface area contributed by atoms with Crippen LogP contribution >= 0.6 is 0 Å². The molecule has 0 aliphatic rings. The second-order valence-electron chi connectivity index (χ2n) is 5.65. The SMILES string of the molecule is COc1ccc(C(C(=O)Nc2ccccc2OC)c2ccccn2)cc1. The lowest BCUT2D eigenvalue weighted by Gasteiger charge is -2.18. The van der Waals surface area contributed by atoms with Gasteiger partial charge in [0.25, 0.3) is 0 Å². The number of para-hydroxylation sites is 2. The maximum atomic E-state index is 13.1. The molecule has 5 nitrogen and oxygen atoms in total. The van der Waals surface area contributed by atoms with Gasteiger partial charge in [-0.05, 0) is 42.0 Å². The van der Waals surface area contributed by atoms with Gasteiger partial charge in [-0.15, -0.1) is 0 Å². The molecule has 0 aliphatic heterocycles. The normalized spacial score (nSPS) is 11.5. The number of anilines is 1. The molecule has 0 saturated heterocycles. The maximum Gasteiger partial charge on any atom is 0.238 e. The molecule has 3 aromatic rings. The van der Waals surface area contributed by atoms with Crippen LogP contribution in [-0.4, -0.2) is 25.1 Å². The van der Waals surface area contributed by atoms with E-state index >= 15 is 0 Å². The van der Waals surface area contributed by atoms with Crippen LogP contribution in [0.25, 0.3) is 0 Å². The molecule has 0 radical (unpaired) electrons. The molecule has 26 heavy (non-hydrogen) atoms. The Labute approximate surface area is 152 Å². The van der Waals surface area contributed by atoms with Crippen molar-refractivity contribution in [3.63, 3.8) is 0 Å². The van der Waals surface area contributed by atoms with Crippen LogP contribution in [0.1, 0.15) is 17.2 Å². The van der Waals surface area contributed by atoms with Crippen molar-refractivity contribution in [1.82, 2.24) is 4.98 Å². The van der Waals surface area contributed by atoms with Crippen LogP contribution in [0.3, 0.4) is 0 Å². The lowest BCUT2D eigenvalue weighted by molar-refractivity contribution is -0.116. The molecule has 132 valence electrons. The van der Waals surface area contributed by atoms with E-state index in [4.69, 9.17) is 9.47 Å². The molecule has 5 heteroatoms. The Bertz CT molecular complexity index is 864. The summed E-state index contributed by atoms with van der Waals surface area (Å²) in [6.45, 7) is 0. The molecule has 1 atom stereocenters. The highest BCUT2D eigenvalue weighted by molar-refractivity contribution is 5.98. The van der Waals surface area contributed by atoms with E-state index in [1.165, 1.54) is 0 Å². The van der Waals surface area contributed by atoms with Gasteiger partial charge in [0.2, 0.25) is 5.91 Å². The molecule has 1 aromatic heterocycles. The summed E-state index contributed by atoms with van der Waals surface area (Å²) in [6, 6.07) is 20.3. The molecule has 0 bridgehead atoms. The minimum atomic E-state index is -0.549. The van der Waals surface area contributed by atoms with Gasteiger partial charge in [-0.3, -0.25) is 9.78 Å². The summed E-state index contributed by atoms with van der Waals surface area (Å²) in [5, 5.41) is 2.95. The van der Waals surface area contributed by atoms with Crippen molar-refractivity contribution in [3.8, 4) is 11.5 Å². The number of pyridine rings is 1. The fraction of sp³-hybridized carbons (Fsp3) is 0.143. The average Bonchev–Trinajstić information content (AvgIpc) is 2.70. The molecule has 1 unspecified atom stereocenters. The van der Waals surface area contributed by atoms with Crippen LogP contribution in [0, 0.1) is 0 Å².